The van der Waals surface area contributed by atoms with Crippen LogP contribution in [0.4, 0.5) is 5.69 Å². The molecule has 0 amide bonds. The fourth-order valence-corrected chi connectivity index (χ4v) is 2.29. The third-order valence-corrected chi connectivity index (χ3v) is 3.53. The Hall–Kier alpha value is -1.87. The lowest BCUT2D eigenvalue weighted by Gasteiger charge is -2.12. The Morgan fingerprint density at radius 3 is 2.43 bits per heavy atom. The lowest BCUT2D eigenvalue weighted by Crippen LogP contribution is -2.01. The highest BCUT2D eigenvalue weighted by Gasteiger charge is 2.09. The molecule has 0 heterocycles. The normalized spacial score (nSPS) is 10.4. The van der Waals surface area contributed by atoms with E-state index < -0.39 is 0 Å². The zero-order valence-electron chi connectivity index (χ0n) is 12.3. The molecule has 112 valence electrons. The van der Waals surface area contributed by atoms with Gasteiger partial charge in [-0.1, -0.05) is 30.7 Å². The van der Waals surface area contributed by atoms with E-state index in [4.69, 9.17) is 16.3 Å². The standard InChI is InChI=1S/C17H20ClNO2/c1-3-12-5-7-14(8-6-12)19-11-13-9-15(18)17(20)16(10-13)21-4-2/h5-10,19-20H,3-4,11H2,1-2H3. The molecule has 0 saturated heterocycles. The number of benzene rings is 2. The van der Waals surface area contributed by atoms with Gasteiger partial charge in [0.15, 0.2) is 11.5 Å². The fourth-order valence-electron chi connectivity index (χ4n) is 2.06. The summed E-state index contributed by atoms with van der Waals surface area (Å²) in [5.41, 5.74) is 3.32. The van der Waals surface area contributed by atoms with Gasteiger partial charge in [-0.25, -0.2) is 0 Å². The summed E-state index contributed by atoms with van der Waals surface area (Å²) in [5, 5.41) is 13.5. The van der Waals surface area contributed by atoms with Crippen molar-refractivity contribution in [3.8, 4) is 11.5 Å². The molecule has 2 N–H and O–H groups in total. The van der Waals surface area contributed by atoms with Crippen LogP contribution in [0.25, 0.3) is 0 Å². The van der Waals surface area contributed by atoms with E-state index in [9.17, 15) is 5.11 Å². The highest BCUT2D eigenvalue weighted by Crippen LogP contribution is 2.35. The number of hydrogen-bond donors (Lipinski definition) is 2. The second kappa shape index (κ2) is 7.23. The van der Waals surface area contributed by atoms with Gasteiger partial charge in [0, 0.05) is 12.2 Å². The molecular formula is C17H20ClNO2. The molecule has 0 bridgehead atoms. The Morgan fingerprint density at radius 2 is 1.81 bits per heavy atom. The summed E-state index contributed by atoms with van der Waals surface area (Å²) in [5.74, 6) is 0.415. The van der Waals surface area contributed by atoms with Crippen molar-refractivity contribution >= 4 is 17.3 Å². The highest BCUT2D eigenvalue weighted by molar-refractivity contribution is 6.32. The molecule has 3 nitrogen and oxygen atoms in total. The van der Waals surface area contributed by atoms with E-state index >= 15 is 0 Å². The van der Waals surface area contributed by atoms with E-state index in [0.717, 1.165) is 17.7 Å². The van der Waals surface area contributed by atoms with E-state index in [2.05, 4.69) is 36.5 Å². The molecule has 0 aromatic heterocycles. The SMILES string of the molecule is CCOc1cc(CNc2ccc(CC)cc2)cc(Cl)c1O. The van der Waals surface area contributed by atoms with Crippen LogP contribution in [-0.2, 0) is 13.0 Å². The molecule has 4 heteroatoms. The predicted octanol–water partition coefficient (Wildman–Crippen LogP) is 4.62. The first-order valence-corrected chi connectivity index (χ1v) is 7.48. The number of anilines is 1. The maximum absolute atomic E-state index is 9.82. The molecule has 21 heavy (non-hydrogen) atoms. The maximum atomic E-state index is 9.82. The Bertz CT molecular complexity index is 596. The van der Waals surface area contributed by atoms with Crippen molar-refractivity contribution in [2.75, 3.05) is 11.9 Å². The van der Waals surface area contributed by atoms with Crippen molar-refractivity contribution in [2.45, 2.75) is 26.8 Å². The van der Waals surface area contributed by atoms with Gasteiger partial charge in [-0.2, -0.15) is 0 Å². The highest BCUT2D eigenvalue weighted by atomic mass is 35.5. The van der Waals surface area contributed by atoms with Gasteiger partial charge in [-0.3, -0.25) is 0 Å². The van der Waals surface area contributed by atoms with Crippen molar-refractivity contribution in [2.24, 2.45) is 0 Å². The van der Waals surface area contributed by atoms with Crippen molar-refractivity contribution in [3.63, 3.8) is 0 Å². The van der Waals surface area contributed by atoms with Crippen LogP contribution in [0.3, 0.4) is 0 Å². The van der Waals surface area contributed by atoms with Crippen molar-refractivity contribution in [1.29, 1.82) is 0 Å². The topological polar surface area (TPSA) is 41.5 Å². The van der Waals surface area contributed by atoms with E-state index in [0.29, 0.717) is 23.9 Å². The summed E-state index contributed by atoms with van der Waals surface area (Å²) < 4.78 is 5.38. The molecule has 0 unspecified atom stereocenters. The van der Waals surface area contributed by atoms with Gasteiger partial charge < -0.3 is 15.2 Å². The number of phenolic OH excluding ortho intramolecular Hbond substituents is 1. The summed E-state index contributed by atoms with van der Waals surface area (Å²) >= 11 is 6.02. The van der Waals surface area contributed by atoms with Crippen LogP contribution in [0.15, 0.2) is 36.4 Å². The Kier molecular flexibility index (Phi) is 5.34. The van der Waals surface area contributed by atoms with Gasteiger partial charge in [-0.15, -0.1) is 0 Å². The van der Waals surface area contributed by atoms with Gasteiger partial charge >= 0.3 is 0 Å². The summed E-state index contributed by atoms with van der Waals surface area (Å²) in [6.07, 6.45) is 1.03. The van der Waals surface area contributed by atoms with Gasteiger partial charge in [-0.05, 0) is 48.7 Å². The first kappa shape index (κ1) is 15.5. The van der Waals surface area contributed by atoms with E-state index in [1.165, 1.54) is 5.56 Å². The van der Waals surface area contributed by atoms with Crippen molar-refractivity contribution in [1.82, 2.24) is 0 Å². The van der Waals surface area contributed by atoms with Crippen LogP contribution in [0.1, 0.15) is 25.0 Å². The number of halogens is 1. The lowest BCUT2D eigenvalue weighted by atomic mass is 10.1. The second-order valence-corrected chi connectivity index (χ2v) is 5.17. The summed E-state index contributed by atoms with van der Waals surface area (Å²) in [6, 6.07) is 11.9. The van der Waals surface area contributed by atoms with Gasteiger partial charge in [0.2, 0.25) is 0 Å². The Balaban J connectivity index is 2.08. The number of phenols is 1. The first-order chi connectivity index (χ1) is 10.1. The molecule has 0 aliphatic carbocycles. The largest absolute Gasteiger partial charge is 0.503 e. The zero-order chi connectivity index (χ0) is 15.2. The quantitative estimate of drug-likeness (QED) is 0.818. The third-order valence-electron chi connectivity index (χ3n) is 3.25. The second-order valence-electron chi connectivity index (χ2n) is 4.76. The van der Waals surface area contributed by atoms with E-state index in [1.54, 1.807) is 12.1 Å². The first-order valence-electron chi connectivity index (χ1n) is 7.11. The molecule has 0 aliphatic heterocycles. The number of hydrogen-bond acceptors (Lipinski definition) is 3. The molecule has 0 aliphatic rings. The summed E-state index contributed by atoms with van der Waals surface area (Å²) in [7, 11) is 0. The predicted molar refractivity (Wildman–Crippen MR) is 87.4 cm³/mol. The van der Waals surface area contributed by atoms with Crippen LogP contribution in [0.5, 0.6) is 11.5 Å². The van der Waals surface area contributed by atoms with Crippen molar-refractivity contribution in [3.05, 3.63) is 52.5 Å². The minimum atomic E-state index is -0.00503. The molecule has 0 fully saturated rings. The Morgan fingerprint density at radius 1 is 1.10 bits per heavy atom. The molecule has 2 aromatic rings. The van der Waals surface area contributed by atoms with Gasteiger partial charge in [0.1, 0.15) is 0 Å². The minimum Gasteiger partial charge on any atom is -0.503 e. The smallest absolute Gasteiger partial charge is 0.176 e. The van der Waals surface area contributed by atoms with Gasteiger partial charge in [0.25, 0.3) is 0 Å². The zero-order valence-corrected chi connectivity index (χ0v) is 13.1. The molecule has 2 aromatic carbocycles. The van der Waals surface area contributed by atoms with E-state index in [1.807, 2.05) is 6.92 Å². The fraction of sp³-hybridized carbons (Fsp3) is 0.294. The number of nitrogens with one attached hydrogen (secondary N) is 1. The van der Waals surface area contributed by atoms with Crippen LogP contribution >= 0.6 is 11.6 Å². The number of ether oxygens (including phenoxy) is 1. The van der Waals surface area contributed by atoms with Crippen molar-refractivity contribution < 1.29 is 9.84 Å². The number of aromatic hydroxyl groups is 1. The van der Waals surface area contributed by atoms with Crippen LogP contribution in [-0.4, -0.2) is 11.7 Å². The average molecular weight is 306 g/mol. The minimum absolute atomic E-state index is 0.00503. The van der Waals surface area contributed by atoms with Crippen LogP contribution in [0.2, 0.25) is 5.02 Å². The Labute approximate surface area is 130 Å². The molecule has 0 radical (unpaired) electrons. The molecule has 0 atom stereocenters. The van der Waals surface area contributed by atoms with Crippen LogP contribution in [0, 0.1) is 0 Å². The summed E-state index contributed by atoms with van der Waals surface area (Å²) in [4.78, 5) is 0. The molecule has 0 saturated carbocycles. The average Bonchev–Trinajstić information content (AvgIpc) is 2.50. The molecule has 2 rings (SSSR count). The number of aryl methyl sites for hydroxylation is 1. The molecular weight excluding hydrogens is 286 g/mol. The number of rotatable bonds is 6. The van der Waals surface area contributed by atoms with Gasteiger partial charge in [0.05, 0.1) is 11.6 Å². The maximum Gasteiger partial charge on any atom is 0.176 e. The third kappa shape index (κ3) is 4.05. The summed E-state index contributed by atoms with van der Waals surface area (Å²) in [6.45, 7) is 5.11. The van der Waals surface area contributed by atoms with E-state index in [-0.39, 0.29) is 5.75 Å². The lowest BCUT2D eigenvalue weighted by molar-refractivity contribution is 0.318. The monoisotopic (exact) mass is 305 g/mol. The van der Waals surface area contributed by atoms with Crippen LogP contribution < -0.4 is 10.1 Å². The molecule has 0 spiro atoms.